The number of nitrogens with zero attached hydrogens (tertiary/aromatic N) is 1. The SMILES string of the molecule is CN(C)C(=O)CCNC(=O)C1CCCCC1CN. The Balaban J connectivity index is 2.33. The van der Waals surface area contributed by atoms with Crippen LogP contribution in [-0.2, 0) is 9.59 Å². The predicted octanol–water partition coefficient (Wildman–Crippen LogP) is 0.346. The molecule has 0 aromatic carbocycles. The van der Waals surface area contributed by atoms with Crippen LogP contribution in [0.3, 0.4) is 0 Å². The molecule has 104 valence electrons. The second kappa shape index (κ2) is 7.36. The highest BCUT2D eigenvalue weighted by Gasteiger charge is 2.29. The molecule has 0 heterocycles. The summed E-state index contributed by atoms with van der Waals surface area (Å²) in [5.41, 5.74) is 5.71. The molecule has 1 rings (SSSR count). The van der Waals surface area contributed by atoms with Crippen molar-refractivity contribution in [1.82, 2.24) is 10.2 Å². The fourth-order valence-corrected chi connectivity index (χ4v) is 2.48. The Morgan fingerprint density at radius 3 is 2.56 bits per heavy atom. The van der Waals surface area contributed by atoms with Crippen molar-refractivity contribution in [2.75, 3.05) is 27.2 Å². The normalized spacial score (nSPS) is 23.5. The van der Waals surface area contributed by atoms with Gasteiger partial charge in [-0.3, -0.25) is 9.59 Å². The lowest BCUT2D eigenvalue weighted by Gasteiger charge is -2.29. The summed E-state index contributed by atoms with van der Waals surface area (Å²) < 4.78 is 0. The minimum absolute atomic E-state index is 0.0364. The first kappa shape index (κ1) is 15.0. The summed E-state index contributed by atoms with van der Waals surface area (Å²) in [6.45, 7) is 0.998. The van der Waals surface area contributed by atoms with Crippen LogP contribution in [0.2, 0.25) is 0 Å². The van der Waals surface area contributed by atoms with E-state index in [-0.39, 0.29) is 17.7 Å². The Bertz CT molecular complexity index is 292. The van der Waals surface area contributed by atoms with E-state index >= 15 is 0 Å². The quantitative estimate of drug-likeness (QED) is 0.744. The molecule has 5 nitrogen and oxygen atoms in total. The van der Waals surface area contributed by atoms with Crippen LogP contribution in [0.25, 0.3) is 0 Å². The van der Waals surface area contributed by atoms with E-state index < -0.39 is 0 Å². The zero-order valence-corrected chi connectivity index (χ0v) is 11.4. The summed E-state index contributed by atoms with van der Waals surface area (Å²) in [7, 11) is 3.44. The van der Waals surface area contributed by atoms with Crippen molar-refractivity contribution < 1.29 is 9.59 Å². The molecular weight excluding hydrogens is 230 g/mol. The van der Waals surface area contributed by atoms with E-state index in [0.29, 0.717) is 25.4 Å². The van der Waals surface area contributed by atoms with Gasteiger partial charge in [-0.1, -0.05) is 12.8 Å². The Morgan fingerprint density at radius 1 is 1.28 bits per heavy atom. The van der Waals surface area contributed by atoms with Gasteiger partial charge in [-0.25, -0.2) is 0 Å². The van der Waals surface area contributed by atoms with Crippen molar-refractivity contribution in [2.24, 2.45) is 17.6 Å². The summed E-state index contributed by atoms with van der Waals surface area (Å²) in [4.78, 5) is 24.9. The third-order valence-corrected chi connectivity index (χ3v) is 3.69. The number of carbonyl (C=O) groups excluding carboxylic acids is 2. The van der Waals surface area contributed by atoms with Gasteiger partial charge in [0.05, 0.1) is 0 Å². The monoisotopic (exact) mass is 255 g/mol. The Labute approximate surface area is 109 Å². The maximum Gasteiger partial charge on any atom is 0.223 e. The first-order valence-electron chi connectivity index (χ1n) is 6.74. The van der Waals surface area contributed by atoms with E-state index in [0.717, 1.165) is 19.3 Å². The molecule has 5 heteroatoms. The van der Waals surface area contributed by atoms with Gasteiger partial charge < -0.3 is 16.0 Å². The van der Waals surface area contributed by atoms with Gasteiger partial charge in [0.1, 0.15) is 0 Å². The van der Waals surface area contributed by atoms with E-state index in [1.807, 2.05) is 0 Å². The lowest BCUT2D eigenvalue weighted by molar-refractivity contribution is -0.129. The third kappa shape index (κ3) is 4.29. The van der Waals surface area contributed by atoms with Crippen molar-refractivity contribution >= 4 is 11.8 Å². The lowest BCUT2D eigenvalue weighted by atomic mass is 9.79. The fraction of sp³-hybridized carbons (Fsp3) is 0.846. The van der Waals surface area contributed by atoms with Crippen molar-refractivity contribution in [1.29, 1.82) is 0 Å². The van der Waals surface area contributed by atoms with Crippen LogP contribution >= 0.6 is 0 Å². The van der Waals surface area contributed by atoms with Crippen LogP contribution in [-0.4, -0.2) is 43.9 Å². The highest BCUT2D eigenvalue weighted by Crippen LogP contribution is 2.29. The third-order valence-electron chi connectivity index (χ3n) is 3.69. The summed E-state index contributed by atoms with van der Waals surface area (Å²) in [5.74, 6) is 0.451. The zero-order valence-electron chi connectivity index (χ0n) is 11.4. The summed E-state index contributed by atoms with van der Waals surface area (Å²) >= 11 is 0. The molecule has 0 radical (unpaired) electrons. The van der Waals surface area contributed by atoms with Crippen molar-refractivity contribution in [2.45, 2.75) is 32.1 Å². The second-order valence-electron chi connectivity index (χ2n) is 5.22. The molecule has 1 saturated carbocycles. The molecule has 1 aliphatic carbocycles. The summed E-state index contributed by atoms with van der Waals surface area (Å²) in [6, 6.07) is 0. The number of carbonyl (C=O) groups is 2. The Kier molecular flexibility index (Phi) is 6.12. The van der Waals surface area contributed by atoms with Gasteiger partial charge in [0.2, 0.25) is 11.8 Å². The number of nitrogens with two attached hydrogens (primary N) is 1. The van der Waals surface area contributed by atoms with Gasteiger partial charge in [0.15, 0.2) is 0 Å². The van der Waals surface area contributed by atoms with Crippen LogP contribution in [0.4, 0.5) is 0 Å². The molecule has 0 bridgehead atoms. The average Bonchev–Trinajstić information content (AvgIpc) is 2.38. The average molecular weight is 255 g/mol. The summed E-state index contributed by atoms with van der Waals surface area (Å²) in [6.07, 6.45) is 4.61. The number of nitrogens with one attached hydrogen (secondary N) is 1. The van der Waals surface area contributed by atoms with Gasteiger partial charge in [-0.05, 0) is 25.3 Å². The van der Waals surface area contributed by atoms with Crippen LogP contribution < -0.4 is 11.1 Å². The first-order valence-corrected chi connectivity index (χ1v) is 6.74. The van der Waals surface area contributed by atoms with Crippen LogP contribution in [0.5, 0.6) is 0 Å². The number of rotatable bonds is 5. The molecule has 0 saturated heterocycles. The van der Waals surface area contributed by atoms with Crippen molar-refractivity contribution in [3.05, 3.63) is 0 Å². The van der Waals surface area contributed by atoms with Gasteiger partial charge in [0, 0.05) is 33.0 Å². The molecule has 0 aromatic heterocycles. The maximum atomic E-state index is 12.0. The molecule has 0 aliphatic heterocycles. The minimum atomic E-state index is 0.0364. The minimum Gasteiger partial charge on any atom is -0.355 e. The van der Waals surface area contributed by atoms with E-state index in [9.17, 15) is 9.59 Å². The molecule has 3 N–H and O–H groups in total. The second-order valence-corrected chi connectivity index (χ2v) is 5.22. The fourth-order valence-electron chi connectivity index (χ4n) is 2.48. The molecular formula is C13H25N3O2. The standard InChI is InChI=1S/C13H25N3O2/c1-16(2)12(17)7-8-15-13(18)11-6-4-3-5-10(11)9-14/h10-11H,3-9,14H2,1-2H3,(H,15,18). The largest absolute Gasteiger partial charge is 0.355 e. The number of hydrogen-bond acceptors (Lipinski definition) is 3. The van der Waals surface area contributed by atoms with E-state index in [1.165, 1.54) is 11.3 Å². The molecule has 1 fully saturated rings. The van der Waals surface area contributed by atoms with Gasteiger partial charge >= 0.3 is 0 Å². The zero-order chi connectivity index (χ0) is 13.5. The Hall–Kier alpha value is -1.10. The van der Waals surface area contributed by atoms with Crippen molar-refractivity contribution in [3.8, 4) is 0 Å². The first-order chi connectivity index (χ1) is 8.56. The summed E-state index contributed by atoms with van der Waals surface area (Å²) in [5, 5.41) is 2.86. The highest BCUT2D eigenvalue weighted by atomic mass is 16.2. The molecule has 0 spiro atoms. The van der Waals surface area contributed by atoms with Crippen LogP contribution in [0.1, 0.15) is 32.1 Å². The number of amides is 2. The highest BCUT2D eigenvalue weighted by molar-refractivity contribution is 5.80. The number of hydrogen-bond donors (Lipinski definition) is 2. The van der Waals surface area contributed by atoms with Crippen LogP contribution in [0.15, 0.2) is 0 Å². The molecule has 0 aromatic rings. The molecule has 2 atom stereocenters. The predicted molar refractivity (Wildman–Crippen MR) is 70.8 cm³/mol. The van der Waals surface area contributed by atoms with Gasteiger partial charge in [0.25, 0.3) is 0 Å². The van der Waals surface area contributed by atoms with E-state index in [4.69, 9.17) is 5.73 Å². The smallest absolute Gasteiger partial charge is 0.223 e. The topological polar surface area (TPSA) is 75.4 Å². The van der Waals surface area contributed by atoms with Gasteiger partial charge in [-0.2, -0.15) is 0 Å². The van der Waals surface area contributed by atoms with E-state index in [1.54, 1.807) is 14.1 Å². The maximum absolute atomic E-state index is 12.0. The molecule has 2 amide bonds. The molecule has 18 heavy (non-hydrogen) atoms. The van der Waals surface area contributed by atoms with E-state index in [2.05, 4.69) is 5.32 Å². The van der Waals surface area contributed by atoms with Crippen molar-refractivity contribution in [3.63, 3.8) is 0 Å². The van der Waals surface area contributed by atoms with Gasteiger partial charge in [-0.15, -0.1) is 0 Å². The van der Waals surface area contributed by atoms with Crippen LogP contribution in [0, 0.1) is 11.8 Å². The molecule has 2 unspecified atom stereocenters. The lowest BCUT2D eigenvalue weighted by Crippen LogP contribution is -2.40. The Morgan fingerprint density at radius 2 is 1.94 bits per heavy atom. The molecule has 1 aliphatic rings.